The summed E-state index contributed by atoms with van der Waals surface area (Å²) in [7, 11) is 0. The van der Waals surface area contributed by atoms with Crippen LogP contribution < -0.4 is 16.9 Å². The molecule has 6 heteroatoms. The SMILES string of the molecule is NC(N)=NNCc1ccc(C=O)s1. The van der Waals surface area contributed by atoms with Crippen LogP contribution in [0.3, 0.4) is 0 Å². The number of nitrogens with zero attached hydrogens (tertiary/aromatic N) is 1. The molecule has 0 bridgehead atoms. The molecule has 0 atom stereocenters. The van der Waals surface area contributed by atoms with Crippen molar-refractivity contribution >= 4 is 23.6 Å². The second kappa shape index (κ2) is 4.46. The molecule has 70 valence electrons. The van der Waals surface area contributed by atoms with Crippen LogP contribution in [0.2, 0.25) is 0 Å². The standard InChI is InChI=1S/C7H10N4OS/c8-7(9)11-10-3-5-1-2-6(4-12)13-5/h1-2,4,10H,3H2,(H4,8,9,11). The van der Waals surface area contributed by atoms with Gasteiger partial charge < -0.3 is 16.9 Å². The maximum absolute atomic E-state index is 10.3. The van der Waals surface area contributed by atoms with E-state index in [4.69, 9.17) is 11.5 Å². The Labute approximate surface area is 79.4 Å². The normalized spacial score (nSPS) is 9.23. The van der Waals surface area contributed by atoms with Crippen LogP contribution in [0.15, 0.2) is 17.2 Å². The number of rotatable bonds is 4. The van der Waals surface area contributed by atoms with E-state index in [0.717, 1.165) is 11.2 Å². The van der Waals surface area contributed by atoms with Gasteiger partial charge in [-0.3, -0.25) is 4.79 Å². The van der Waals surface area contributed by atoms with E-state index in [1.165, 1.54) is 11.3 Å². The van der Waals surface area contributed by atoms with Crippen molar-refractivity contribution in [3.8, 4) is 0 Å². The van der Waals surface area contributed by atoms with Crippen molar-refractivity contribution in [2.24, 2.45) is 16.6 Å². The fraction of sp³-hybridized carbons (Fsp3) is 0.143. The highest BCUT2D eigenvalue weighted by atomic mass is 32.1. The maximum Gasteiger partial charge on any atom is 0.208 e. The van der Waals surface area contributed by atoms with Crippen molar-refractivity contribution in [2.75, 3.05) is 0 Å². The Bertz CT molecular complexity index is 316. The fourth-order valence-electron chi connectivity index (χ4n) is 0.762. The second-order valence-corrected chi connectivity index (χ2v) is 3.49. The highest BCUT2D eigenvalue weighted by Crippen LogP contribution is 2.13. The zero-order valence-electron chi connectivity index (χ0n) is 6.86. The van der Waals surface area contributed by atoms with E-state index >= 15 is 0 Å². The summed E-state index contributed by atoms with van der Waals surface area (Å²) in [6, 6.07) is 3.60. The molecule has 0 saturated heterocycles. The average molecular weight is 198 g/mol. The van der Waals surface area contributed by atoms with Crippen LogP contribution in [0, 0.1) is 0 Å². The summed E-state index contributed by atoms with van der Waals surface area (Å²) in [5.74, 6) is -0.00725. The lowest BCUT2D eigenvalue weighted by Gasteiger charge is -1.96. The Balaban J connectivity index is 2.45. The number of hydrazone groups is 1. The van der Waals surface area contributed by atoms with Crippen LogP contribution in [0.1, 0.15) is 14.5 Å². The van der Waals surface area contributed by atoms with Crippen LogP contribution in [-0.2, 0) is 6.54 Å². The molecule has 0 unspecified atom stereocenters. The lowest BCUT2D eigenvalue weighted by atomic mass is 10.4. The van der Waals surface area contributed by atoms with Gasteiger partial charge in [0.2, 0.25) is 5.96 Å². The second-order valence-electron chi connectivity index (χ2n) is 2.29. The summed E-state index contributed by atoms with van der Waals surface area (Å²) in [6.07, 6.45) is 0.814. The summed E-state index contributed by atoms with van der Waals surface area (Å²) in [6.45, 7) is 0.524. The van der Waals surface area contributed by atoms with Gasteiger partial charge in [-0.05, 0) is 12.1 Å². The molecule has 0 aliphatic heterocycles. The lowest BCUT2D eigenvalue weighted by molar-refractivity contribution is 0.112. The van der Waals surface area contributed by atoms with Crippen molar-refractivity contribution in [2.45, 2.75) is 6.54 Å². The summed E-state index contributed by atoms with van der Waals surface area (Å²) >= 11 is 1.40. The number of thiophene rings is 1. The minimum Gasteiger partial charge on any atom is -0.369 e. The molecular weight excluding hydrogens is 188 g/mol. The zero-order valence-corrected chi connectivity index (χ0v) is 7.67. The van der Waals surface area contributed by atoms with Gasteiger partial charge in [-0.1, -0.05) is 0 Å². The van der Waals surface area contributed by atoms with Gasteiger partial charge >= 0.3 is 0 Å². The number of hydrogen-bond donors (Lipinski definition) is 3. The third-order valence-corrected chi connectivity index (χ3v) is 2.27. The first-order valence-electron chi connectivity index (χ1n) is 3.57. The van der Waals surface area contributed by atoms with Gasteiger partial charge in [0, 0.05) is 4.88 Å². The monoisotopic (exact) mass is 198 g/mol. The lowest BCUT2D eigenvalue weighted by Crippen LogP contribution is -2.26. The molecule has 0 radical (unpaired) electrons. The van der Waals surface area contributed by atoms with Gasteiger partial charge in [0.05, 0.1) is 11.4 Å². The Morgan fingerprint density at radius 3 is 2.92 bits per heavy atom. The predicted molar refractivity (Wildman–Crippen MR) is 52.4 cm³/mol. The molecule has 5 N–H and O–H groups in total. The third-order valence-electron chi connectivity index (χ3n) is 1.26. The van der Waals surface area contributed by atoms with Crippen molar-refractivity contribution < 1.29 is 4.79 Å². The van der Waals surface area contributed by atoms with Crippen molar-refractivity contribution in [1.29, 1.82) is 0 Å². The molecule has 1 rings (SSSR count). The molecule has 1 aromatic heterocycles. The van der Waals surface area contributed by atoms with Crippen LogP contribution in [0.5, 0.6) is 0 Å². The van der Waals surface area contributed by atoms with E-state index in [0.29, 0.717) is 11.4 Å². The first-order chi connectivity index (χ1) is 6.22. The van der Waals surface area contributed by atoms with E-state index in [2.05, 4.69) is 10.5 Å². The number of nitrogens with one attached hydrogen (secondary N) is 1. The molecule has 1 heterocycles. The van der Waals surface area contributed by atoms with Gasteiger partial charge in [-0.15, -0.1) is 16.4 Å². The molecule has 1 aromatic rings. The van der Waals surface area contributed by atoms with Crippen molar-refractivity contribution in [3.63, 3.8) is 0 Å². The largest absolute Gasteiger partial charge is 0.369 e. The van der Waals surface area contributed by atoms with Crippen molar-refractivity contribution in [3.05, 3.63) is 21.9 Å². The molecule has 0 aliphatic rings. The van der Waals surface area contributed by atoms with Gasteiger partial charge in [0.1, 0.15) is 0 Å². The van der Waals surface area contributed by atoms with Gasteiger partial charge in [0.25, 0.3) is 0 Å². The number of aldehydes is 1. The van der Waals surface area contributed by atoms with Crippen molar-refractivity contribution in [1.82, 2.24) is 5.43 Å². The molecule has 5 nitrogen and oxygen atoms in total. The Hall–Kier alpha value is -1.56. The predicted octanol–water partition coefficient (Wildman–Crippen LogP) is -0.161. The molecule has 0 aromatic carbocycles. The quantitative estimate of drug-likeness (QED) is 0.271. The molecule has 0 amide bonds. The van der Waals surface area contributed by atoms with Gasteiger partial charge in [0.15, 0.2) is 6.29 Å². The Kier molecular flexibility index (Phi) is 3.27. The van der Waals surface area contributed by atoms with E-state index in [1.54, 1.807) is 6.07 Å². The topological polar surface area (TPSA) is 93.5 Å². The van der Waals surface area contributed by atoms with Crippen LogP contribution >= 0.6 is 11.3 Å². The average Bonchev–Trinajstić information content (AvgIpc) is 2.52. The molecular formula is C7H10N4OS. The Morgan fingerprint density at radius 2 is 2.38 bits per heavy atom. The Morgan fingerprint density at radius 1 is 1.62 bits per heavy atom. The van der Waals surface area contributed by atoms with E-state index < -0.39 is 0 Å². The highest BCUT2D eigenvalue weighted by molar-refractivity contribution is 7.13. The summed E-state index contributed by atoms with van der Waals surface area (Å²) in [5.41, 5.74) is 12.9. The van der Waals surface area contributed by atoms with E-state index in [-0.39, 0.29) is 5.96 Å². The summed E-state index contributed by atoms with van der Waals surface area (Å²) in [5, 5.41) is 3.60. The first-order valence-corrected chi connectivity index (χ1v) is 4.39. The molecule has 0 saturated carbocycles. The number of carbonyl (C=O) groups excluding carboxylic acids is 1. The summed E-state index contributed by atoms with van der Waals surface area (Å²) < 4.78 is 0. The molecule has 0 aliphatic carbocycles. The van der Waals surface area contributed by atoms with Crippen LogP contribution in [0.4, 0.5) is 0 Å². The molecule has 0 fully saturated rings. The van der Waals surface area contributed by atoms with Crippen LogP contribution in [0.25, 0.3) is 0 Å². The van der Waals surface area contributed by atoms with E-state index in [1.807, 2.05) is 6.07 Å². The van der Waals surface area contributed by atoms with Crippen LogP contribution in [-0.4, -0.2) is 12.2 Å². The number of hydrogen-bond acceptors (Lipinski definition) is 4. The number of guanidine groups is 1. The number of nitrogens with two attached hydrogens (primary N) is 2. The summed E-state index contributed by atoms with van der Waals surface area (Å²) in [4.78, 5) is 12.0. The maximum atomic E-state index is 10.3. The zero-order chi connectivity index (χ0) is 9.68. The number of carbonyl (C=O) groups is 1. The minimum atomic E-state index is -0.00725. The molecule has 13 heavy (non-hydrogen) atoms. The highest BCUT2D eigenvalue weighted by Gasteiger charge is 1.97. The third kappa shape index (κ3) is 3.12. The van der Waals surface area contributed by atoms with Gasteiger partial charge in [-0.2, -0.15) is 0 Å². The smallest absolute Gasteiger partial charge is 0.208 e. The van der Waals surface area contributed by atoms with E-state index in [9.17, 15) is 4.79 Å². The molecule has 0 spiro atoms. The van der Waals surface area contributed by atoms with Gasteiger partial charge in [-0.25, -0.2) is 0 Å². The first kappa shape index (κ1) is 9.53. The fourth-order valence-corrected chi connectivity index (χ4v) is 1.52. The minimum absolute atomic E-state index is 0.00725.